The van der Waals surface area contributed by atoms with Gasteiger partial charge in [0.2, 0.25) is 0 Å². The molecule has 238 valence electrons. The summed E-state index contributed by atoms with van der Waals surface area (Å²) in [6.45, 7) is 10.1. The topological polar surface area (TPSA) is 143 Å². The highest BCUT2D eigenvalue weighted by Gasteiger charge is 2.45. The van der Waals surface area contributed by atoms with Crippen LogP contribution in [0, 0.1) is 25.2 Å². The Kier molecular flexibility index (Phi) is 11.8. The maximum atomic E-state index is 11.6. The van der Waals surface area contributed by atoms with E-state index < -0.39 is 18.1 Å². The maximum absolute atomic E-state index is 11.6. The van der Waals surface area contributed by atoms with E-state index in [1.165, 1.54) is 14.2 Å². The standard InChI is InChI=1S/C30H42N4O7.C2H6/c1-16-27(37-4)18(13-23(35)29(16)39-6)12-20(32)25-24-19(28(38-5)17(2)30(40-7)26(24)36)14-21(33(25)3)22(15-31)34-8-10-41-11-9-34;1-2/h13,20-22,25,35-36H,8-12,14,32H2,1-7H3;1-2H3. The Morgan fingerprint density at radius 3 is 2.07 bits per heavy atom. The molecule has 0 aromatic heterocycles. The van der Waals surface area contributed by atoms with Crippen LogP contribution in [0.3, 0.4) is 0 Å². The number of benzene rings is 2. The van der Waals surface area contributed by atoms with Gasteiger partial charge in [-0.25, -0.2) is 0 Å². The molecule has 4 unspecified atom stereocenters. The van der Waals surface area contributed by atoms with Crippen molar-refractivity contribution in [2.24, 2.45) is 5.73 Å². The van der Waals surface area contributed by atoms with Crippen molar-refractivity contribution in [1.82, 2.24) is 9.80 Å². The molecule has 2 aromatic rings. The second-order valence-corrected chi connectivity index (χ2v) is 10.7. The fraction of sp³-hybridized carbons (Fsp3) is 0.594. The first-order chi connectivity index (χ1) is 20.6. The normalized spacial score (nSPS) is 20.1. The lowest BCUT2D eigenvalue weighted by atomic mass is 9.79. The molecular weight excluding hydrogens is 552 g/mol. The van der Waals surface area contributed by atoms with Crippen LogP contribution < -0.4 is 24.7 Å². The van der Waals surface area contributed by atoms with E-state index in [2.05, 4.69) is 15.9 Å². The van der Waals surface area contributed by atoms with Crippen molar-refractivity contribution >= 4 is 0 Å². The molecule has 4 atom stereocenters. The molecule has 11 heteroatoms. The van der Waals surface area contributed by atoms with Gasteiger partial charge >= 0.3 is 0 Å². The van der Waals surface area contributed by atoms with Crippen molar-refractivity contribution in [3.05, 3.63) is 33.9 Å². The summed E-state index contributed by atoms with van der Waals surface area (Å²) >= 11 is 0. The van der Waals surface area contributed by atoms with Crippen LogP contribution in [0.4, 0.5) is 0 Å². The second kappa shape index (κ2) is 14.8. The van der Waals surface area contributed by atoms with Crippen LogP contribution in [-0.4, -0.2) is 99.9 Å². The zero-order valence-corrected chi connectivity index (χ0v) is 27.0. The van der Waals surface area contributed by atoms with Gasteiger partial charge < -0.3 is 39.6 Å². The van der Waals surface area contributed by atoms with Crippen molar-refractivity contribution in [2.45, 2.75) is 64.7 Å². The van der Waals surface area contributed by atoms with Crippen LogP contribution in [0.2, 0.25) is 0 Å². The van der Waals surface area contributed by atoms with E-state index in [9.17, 15) is 15.5 Å². The molecule has 0 amide bonds. The van der Waals surface area contributed by atoms with Gasteiger partial charge in [-0.2, -0.15) is 5.26 Å². The Morgan fingerprint density at radius 2 is 1.53 bits per heavy atom. The number of fused-ring (bicyclic) bond motifs is 1. The summed E-state index contributed by atoms with van der Waals surface area (Å²) in [5, 5.41) is 32.7. The summed E-state index contributed by atoms with van der Waals surface area (Å²) in [4.78, 5) is 4.24. The summed E-state index contributed by atoms with van der Waals surface area (Å²) in [6.07, 6.45) is 0.771. The smallest absolute Gasteiger partial charge is 0.167 e. The van der Waals surface area contributed by atoms with E-state index in [1.54, 1.807) is 20.3 Å². The lowest BCUT2D eigenvalue weighted by molar-refractivity contribution is -0.00228. The third kappa shape index (κ3) is 6.29. The van der Waals surface area contributed by atoms with Gasteiger partial charge in [-0.1, -0.05) is 13.8 Å². The van der Waals surface area contributed by atoms with Crippen molar-refractivity contribution < 1.29 is 33.9 Å². The molecule has 1 fully saturated rings. The quantitative estimate of drug-likeness (QED) is 0.389. The van der Waals surface area contributed by atoms with Crippen LogP contribution in [0.15, 0.2) is 6.07 Å². The summed E-state index contributed by atoms with van der Waals surface area (Å²) in [5.41, 5.74) is 10.5. The molecule has 2 aliphatic heterocycles. The lowest BCUT2D eigenvalue weighted by Gasteiger charge is -2.48. The molecule has 1 saturated heterocycles. The predicted octanol–water partition coefficient (Wildman–Crippen LogP) is 3.47. The number of nitrogens with two attached hydrogens (primary N) is 1. The number of hydrogen-bond donors (Lipinski definition) is 3. The zero-order valence-electron chi connectivity index (χ0n) is 27.0. The number of methoxy groups -OCH3 is 4. The number of hydrogen-bond acceptors (Lipinski definition) is 11. The molecule has 0 radical (unpaired) electrons. The van der Waals surface area contributed by atoms with Gasteiger partial charge in [0.25, 0.3) is 0 Å². The van der Waals surface area contributed by atoms with Crippen LogP contribution in [0.25, 0.3) is 0 Å². The average molecular weight is 601 g/mol. The first kappa shape index (κ1) is 34.1. The fourth-order valence-electron chi connectivity index (χ4n) is 6.71. The molecule has 43 heavy (non-hydrogen) atoms. The summed E-state index contributed by atoms with van der Waals surface area (Å²) < 4.78 is 28.1. The Balaban J connectivity index is 0.00000248. The lowest BCUT2D eigenvalue weighted by Crippen LogP contribution is -2.58. The number of morpholine rings is 1. The molecule has 2 aromatic carbocycles. The Bertz CT molecular complexity index is 1310. The molecule has 4 rings (SSSR count). The summed E-state index contributed by atoms with van der Waals surface area (Å²) in [7, 11) is 8.10. The first-order valence-corrected chi connectivity index (χ1v) is 14.7. The first-order valence-electron chi connectivity index (χ1n) is 14.7. The highest BCUT2D eigenvalue weighted by molar-refractivity contribution is 5.64. The van der Waals surface area contributed by atoms with E-state index in [0.717, 1.165) is 5.56 Å². The van der Waals surface area contributed by atoms with Crippen LogP contribution in [0.5, 0.6) is 34.5 Å². The van der Waals surface area contributed by atoms with Crippen molar-refractivity contribution in [1.29, 1.82) is 5.26 Å². The van der Waals surface area contributed by atoms with Crippen LogP contribution in [-0.2, 0) is 17.6 Å². The number of phenols is 2. The number of nitrogens with zero attached hydrogens (tertiary/aromatic N) is 3. The van der Waals surface area contributed by atoms with E-state index in [0.29, 0.717) is 84.4 Å². The monoisotopic (exact) mass is 600 g/mol. The van der Waals surface area contributed by atoms with Crippen molar-refractivity contribution in [3.63, 3.8) is 0 Å². The molecule has 2 heterocycles. The minimum atomic E-state index is -0.588. The van der Waals surface area contributed by atoms with E-state index in [4.69, 9.17) is 29.4 Å². The van der Waals surface area contributed by atoms with Crippen LogP contribution >= 0.6 is 0 Å². The summed E-state index contributed by atoms with van der Waals surface area (Å²) in [5.74, 6) is 1.83. The van der Waals surface area contributed by atoms with E-state index in [-0.39, 0.29) is 17.5 Å². The van der Waals surface area contributed by atoms with Crippen molar-refractivity contribution in [3.8, 4) is 40.6 Å². The third-order valence-corrected chi connectivity index (χ3v) is 8.55. The molecule has 0 bridgehead atoms. The van der Waals surface area contributed by atoms with E-state index >= 15 is 0 Å². The molecule has 2 aliphatic rings. The fourth-order valence-corrected chi connectivity index (χ4v) is 6.71. The van der Waals surface area contributed by atoms with Gasteiger partial charge in [-0.05, 0) is 45.4 Å². The maximum Gasteiger partial charge on any atom is 0.167 e. The number of nitriles is 1. The molecule has 0 saturated carbocycles. The molecule has 11 nitrogen and oxygen atoms in total. The van der Waals surface area contributed by atoms with Gasteiger partial charge in [0.15, 0.2) is 23.0 Å². The van der Waals surface area contributed by atoms with Crippen LogP contribution in [0.1, 0.15) is 47.7 Å². The SMILES string of the molecule is CC.COc1c(O)cc(CC(N)C2c3c(O)c(OC)c(C)c(OC)c3CC(C(C#N)N3CCOCC3)N2C)c(OC)c1C. The molecule has 0 aliphatic carbocycles. The Hall–Kier alpha value is -3.43. The van der Waals surface area contributed by atoms with Crippen molar-refractivity contribution in [2.75, 3.05) is 61.8 Å². The Morgan fingerprint density at radius 1 is 0.977 bits per heavy atom. The van der Waals surface area contributed by atoms with Gasteiger partial charge in [0.1, 0.15) is 17.5 Å². The number of rotatable bonds is 9. The predicted molar refractivity (Wildman–Crippen MR) is 165 cm³/mol. The highest BCUT2D eigenvalue weighted by atomic mass is 16.5. The summed E-state index contributed by atoms with van der Waals surface area (Å²) in [6, 6.07) is 2.33. The zero-order chi connectivity index (χ0) is 32.0. The van der Waals surface area contributed by atoms with Gasteiger partial charge in [-0.15, -0.1) is 0 Å². The van der Waals surface area contributed by atoms with Gasteiger partial charge in [-0.3, -0.25) is 9.80 Å². The molecule has 0 spiro atoms. The van der Waals surface area contributed by atoms with Gasteiger partial charge in [0.05, 0.1) is 53.8 Å². The highest BCUT2D eigenvalue weighted by Crippen LogP contribution is 2.51. The Labute approximate surface area is 255 Å². The number of phenolic OH excluding ortho intramolecular Hbond substituents is 2. The molecular formula is C32H48N4O7. The average Bonchev–Trinajstić information content (AvgIpc) is 3.00. The minimum absolute atomic E-state index is 0.00662. The number of ether oxygens (including phenoxy) is 5. The third-order valence-electron chi connectivity index (χ3n) is 8.55. The number of likely N-dealkylation sites (N-methyl/N-ethyl adjacent to an activating group) is 1. The van der Waals surface area contributed by atoms with E-state index in [1.807, 2.05) is 34.7 Å². The minimum Gasteiger partial charge on any atom is -0.504 e. The number of aromatic hydroxyl groups is 2. The molecule has 4 N–H and O–H groups in total. The second-order valence-electron chi connectivity index (χ2n) is 10.7. The van der Waals surface area contributed by atoms with Gasteiger partial charge in [0, 0.05) is 47.4 Å². The largest absolute Gasteiger partial charge is 0.504 e.